The van der Waals surface area contributed by atoms with Crippen molar-refractivity contribution in [3.63, 3.8) is 0 Å². The minimum absolute atomic E-state index is 0. The van der Waals surface area contributed by atoms with Crippen LogP contribution in [0, 0.1) is 0 Å². The number of carbonyl (C=O) groups excluding carboxylic acids is 3. The molecule has 7 rings (SSSR count). The van der Waals surface area contributed by atoms with Crippen LogP contribution >= 0.6 is 58.3 Å². The fourth-order valence-corrected chi connectivity index (χ4v) is 10.1. The van der Waals surface area contributed by atoms with Crippen molar-refractivity contribution in [2.24, 2.45) is 0 Å². The average Bonchev–Trinajstić information content (AvgIpc) is 3.70. The van der Waals surface area contributed by atoms with E-state index in [1.165, 1.54) is 17.8 Å². The Bertz CT molecular complexity index is 1920. The van der Waals surface area contributed by atoms with Gasteiger partial charge >= 0.3 is 6.03 Å². The molecular weight excluding hydrogens is 749 g/mol. The molecule has 3 fully saturated rings. The molecule has 3 aliphatic rings. The zero-order valence-corrected chi connectivity index (χ0v) is 31.5. The van der Waals surface area contributed by atoms with Crippen LogP contribution in [-0.2, 0) is 32.3 Å². The molecule has 0 radical (unpaired) electrons. The summed E-state index contributed by atoms with van der Waals surface area (Å²) in [6.45, 7) is 1.84. The standard InChI is InChI=1S/C19H22ClN3O4S2.C14H15ClN2OS.ClH/c20-13-4-3-6-16-18(13)21-17(28-16)12-15(24)14-5-1-2-7-23(14)19(25)22-8-10-29(26,27)11-9-22;15-9-4-3-6-12-14(9)17-13(19-12)8-11(18)10-5-1-2-7-16-10;/h3-4,6,14H,1-2,5,7-12H2;3-4,6,10,16H,1-2,5,7-8H2;1H/t14-;10-;/m00./s1. The second-order valence-corrected chi connectivity index (χ2v) is 17.7. The van der Waals surface area contributed by atoms with Crippen molar-refractivity contribution in [3.05, 3.63) is 56.5 Å². The fraction of sp³-hybridized carbons (Fsp3) is 0.485. The van der Waals surface area contributed by atoms with Crippen LogP contribution < -0.4 is 5.32 Å². The minimum atomic E-state index is -3.06. The number of Topliss-reactive ketones (excluding diaryl/α,β-unsaturated/α-hetero) is 2. The summed E-state index contributed by atoms with van der Waals surface area (Å²) in [4.78, 5) is 50.4. The van der Waals surface area contributed by atoms with Crippen LogP contribution in [0.3, 0.4) is 0 Å². The summed E-state index contributed by atoms with van der Waals surface area (Å²) < 4.78 is 25.3. The number of para-hydroxylation sites is 2. The van der Waals surface area contributed by atoms with Crippen molar-refractivity contribution in [3.8, 4) is 0 Å². The normalized spacial score (nSPS) is 20.7. The molecule has 4 aromatic rings. The first-order valence-electron chi connectivity index (χ1n) is 16.2. The molecule has 49 heavy (non-hydrogen) atoms. The maximum atomic E-state index is 13.1. The highest BCUT2D eigenvalue weighted by Gasteiger charge is 2.36. The maximum Gasteiger partial charge on any atom is 0.320 e. The lowest BCUT2D eigenvalue weighted by molar-refractivity contribution is -0.124. The van der Waals surface area contributed by atoms with E-state index in [-0.39, 0.29) is 67.1 Å². The molecule has 16 heteroatoms. The number of sulfone groups is 1. The Morgan fingerprint density at radius 3 is 1.92 bits per heavy atom. The molecule has 2 atom stereocenters. The van der Waals surface area contributed by atoms with Gasteiger partial charge in [-0.3, -0.25) is 9.59 Å². The number of urea groups is 1. The zero-order valence-electron chi connectivity index (χ0n) is 26.7. The van der Waals surface area contributed by atoms with E-state index in [0.29, 0.717) is 40.0 Å². The van der Waals surface area contributed by atoms with Gasteiger partial charge in [0.2, 0.25) is 0 Å². The highest BCUT2D eigenvalue weighted by molar-refractivity contribution is 7.91. The molecule has 3 saturated heterocycles. The van der Waals surface area contributed by atoms with Gasteiger partial charge in [0.05, 0.1) is 55.9 Å². The fourth-order valence-electron chi connectivity index (χ4n) is 6.32. The quantitative estimate of drug-likeness (QED) is 0.238. The van der Waals surface area contributed by atoms with E-state index in [1.54, 1.807) is 27.2 Å². The van der Waals surface area contributed by atoms with E-state index in [9.17, 15) is 22.8 Å². The van der Waals surface area contributed by atoms with E-state index in [4.69, 9.17) is 23.2 Å². The van der Waals surface area contributed by atoms with E-state index in [0.717, 1.165) is 52.2 Å². The first-order chi connectivity index (χ1) is 23.1. The van der Waals surface area contributed by atoms with Crippen LogP contribution in [0.4, 0.5) is 4.79 Å². The Kier molecular flexibility index (Phi) is 12.9. The van der Waals surface area contributed by atoms with Crippen LogP contribution in [0.2, 0.25) is 10.0 Å². The Labute approximate surface area is 309 Å². The second-order valence-electron chi connectivity index (χ2n) is 12.3. The third-order valence-electron chi connectivity index (χ3n) is 8.91. The van der Waals surface area contributed by atoms with Crippen LogP contribution in [0.5, 0.6) is 0 Å². The second kappa shape index (κ2) is 16.8. The number of hydrogen-bond donors (Lipinski definition) is 1. The Morgan fingerprint density at radius 2 is 1.37 bits per heavy atom. The van der Waals surface area contributed by atoms with Crippen molar-refractivity contribution in [2.45, 2.75) is 63.5 Å². The molecule has 0 spiro atoms. The van der Waals surface area contributed by atoms with Crippen LogP contribution in [0.1, 0.15) is 48.5 Å². The Hall–Kier alpha value is -2.39. The first-order valence-corrected chi connectivity index (χ1v) is 20.4. The highest BCUT2D eigenvalue weighted by atomic mass is 35.5. The Morgan fingerprint density at radius 1 is 0.796 bits per heavy atom. The molecule has 2 aromatic carbocycles. The SMILES string of the molecule is Cl.O=C(Cc1nc2c(Cl)cccc2s1)[C@@H]1CCCCN1.O=C(Cc1nc2c(Cl)cccc2s1)[C@@H]1CCCCN1C(=O)N1CCS(=O)(=O)CC1. The minimum Gasteiger partial charge on any atom is -0.323 e. The lowest BCUT2D eigenvalue weighted by atomic mass is 9.97. The number of aromatic nitrogens is 2. The van der Waals surface area contributed by atoms with Gasteiger partial charge in [-0.2, -0.15) is 0 Å². The van der Waals surface area contributed by atoms with Gasteiger partial charge in [-0.05, 0) is 62.9 Å². The summed E-state index contributed by atoms with van der Waals surface area (Å²) in [6.07, 6.45) is 6.19. The largest absolute Gasteiger partial charge is 0.323 e. The predicted octanol–water partition coefficient (Wildman–Crippen LogP) is 6.39. The molecule has 3 aliphatic heterocycles. The molecule has 0 bridgehead atoms. The van der Waals surface area contributed by atoms with E-state index in [1.807, 2.05) is 30.3 Å². The van der Waals surface area contributed by atoms with E-state index >= 15 is 0 Å². The van der Waals surface area contributed by atoms with Gasteiger partial charge in [-0.15, -0.1) is 35.1 Å². The van der Waals surface area contributed by atoms with E-state index in [2.05, 4.69) is 15.3 Å². The number of nitrogens with zero attached hydrogens (tertiary/aromatic N) is 4. The van der Waals surface area contributed by atoms with Gasteiger partial charge in [-0.25, -0.2) is 23.2 Å². The molecule has 2 amide bonds. The van der Waals surface area contributed by atoms with Crippen molar-refractivity contribution >= 4 is 106 Å². The lowest BCUT2D eigenvalue weighted by Gasteiger charge is -2.39. The molecular formula is C33H38Cl3N5O5S3. The van der Waals surface area contributed by atoms with Gasteiger partial charge in [-0.1, -0.05) is 41.8 Å². The van der Waals surface area contributed by atoms with Crippen LogP contribution in [0.15, 0.2) is 36.4 Å². The summed E-state index contributed by atoms with van der Waals surface area (Å²) in [7, 11) is -3.06. The smallest absolute Gasteiger partial charge is 0.320 e. The summed E-state index contributed by atoms with van der Waals surface area (Å²) in [6, 6.07) is 10.6. The molecule has 264 valence electrons. The summed E-state index contributed by atoms with van der Waals surface area (Å²) in [5, 5.41) is 6.06. The van der Waals surface area contributed by atoms with E-state index < -0.39 is 15.9 Å². The molecule has 10 nitrogen and oxygen atoms in total. The number of benzene rings is 2. The number of rotatable bonds is 6. The van der Waals surface area contributed by atoms with Crippen molar-refractivity contribution < 1.29 is 22.8 Å². The van der Waals surface area contributed by atoms with Crippen molar-refractivity contribution in [1.29, 1.82) is 0 Å². The molecule has 0 saturated carbocycles. The summed E-state index contributed by atoms with van der Waals surface area (Å²) in [5.74, 6) is 0.183. The topological polar surface area (TPSA) is 130 Å². The Balaban J connectivity index is 0.000000203. The monoisotopic (exact) mass is 785 g/mol. The summed E-state index contributed by atoms with van der Waals surface area (Å²) >= 11 is 15.3. The number of nitrogens with one attached hydrogen (secondary N) is 1. The number of ketones is 2. The zero-order chi connectivity index (χ0) is 33.8. The number of halogens is 3. The van der Waals surface area contributed by atoms with Crippen molar-refractivity contribution in [1.82, 2.24) is 25.1 Å². The third kappa shape index (κ3) is 9.29. The number of hydrogen-bond acceptors (Lipinski definition) is 10. The lowest BCUT2D eigenvalue weighted by Crippen LogP contribution is -2.56. The van der Waals surface area contributed by atoms with Gasteiger partial charge < -0.3 is 15.1 Å². The molecule has 2 aromatic heterocycles. The summed E-state index contributed by atoms with van der Waals surface area (Å²) in [5.41, 5.74) is 1.52. The number of thiazole rings is 2. The number of fused-ring (bicyclic) bond motifs is 2. The molecule has 1 N–H and O–H groups in total. The highest BCUT2D eigenvalue weighted by Crippen LogP contribution is 2.30. The predicted molar refractivity (Wildman–Crippen MR) is 200 cm³/mol. The maximum absolute atomic E-state index is 13.1. The number of amides is 2. The van der Waals surface area contributed by atoms with Gasteiger partial charge in [0.15, 0.2) is 21.4 Å². The molecule has 5 heterocycles. The molecule has 0 unspecified atom stereocenters. The average molecular weight is 787 g/mol. The van der Waals surface area contributed by atoms with Crippen LogP contribution in [0.25, 0.3) is 20.4 Å². The van der Waals surface area contributed by atoms with Crippen LogP contribution in [-0.4, -0.2) is 95.6 Å². The van der Waals surface area contributed by atoms with Gasteiger partial charge in [0, 0.05) is 19.6 Å². The number of piperidine rings is 2. The first kappa shape index (κ1) is 37.9. The third-order valence-corrected chi connectivity index (χ3v) is 13.2. The number of likely N-dealkylation sites (tertiary alicyclic amines) is 1. The molecule has 0 aliphatic carbocycles. The van der Waals surface area contributed by atoms with Gasteiger partial charge in [0.25, 0.3) is 0 Å². The van der Waals surface area contributed by atoms with Crippen molar-refractivity contribution in [2.75, 3.05) is 37.7 Å². The number of carbonyl (C=O) groups is 3. The van der Waals surface area contributed by atoms with Gasteiger partial charge in [0.1, 0.15) is 21.0 Å².